The normalized spacial score (nSPS) is 20.4. The van der Waals surface area contributed by atoms with Crippen molar-refractivity contribution in [2.45, 2.75) is 22.6 Å². The highest BCUT2D eigenvalue weighted by atomic mass is 35.5. The molecule has 0 aromatic heterocycles. The molecule has 6 nitrogen and oxygen atoms in total. The van der Waals surface area contributed by atoms with Crippen LogP contribution in [0.1, 0.15) is 17.2 Å². The Morgan fingerprint density at radius 3 is 2.41 bits per heavy atom. The number of Topliss-reactive ketones (excluding diaryl/α,β-unsaturated/α-hetero) is 1. The van der Waals surface area contributed by atoms with Crippen molar-refractivity contribution in [1.82, 2.24) is 5.32 Å². The summed E-state index contributed by atoms with van der Waals surface area (Å²) in [5.41, 5.74) is -0.101. The van der Waals surface area contributed by atoms with Gasteiger partial charge in [-0.3, -0.25) is 9.59 Å². The highest BCUT2D eigenvalue weighted by Gasteiger charge is 2.43. The van der Waals surface area contributed by atoms with Crippen molar-refractivity contribution in [1.29, 1.82) is 0 Å². The molecule has 1 fully saturated rings. The van der Waals surface area contributed by atoms with E-state index in [1.54, 1.807) is 6.07 Å². The average Bonchev–Trinajstić information content (AvgIpc) is 3.15. The summed E-state index contributed by atoms with van der Waals surface area (Å²) in [5.74, 6) is -3.62. The lowest BCUT2D eigenvalue weighted by molar-refractivity contribution is -0.139. The quantitative estimate of drug-likeness (QED) is 0.687. The van der Waals surface area contributed by atoms with Crippen LogP contribution in [0.25, 0.3) is 0 Å². The van der Waals surface area contributed by atoms with E-state index in [0.29, 0.717) is 0 Å². The first-order chi connectivity index (χ1) is 13.6. The number of nitrogens with one attached hydrogen (secondary N) is 1. The van der Waals surface area contributed by atoms with Crippen LogP contribution in [0.3, 0.4) is 0 Å². The molecule has 3 rings (SSSR count). The van der Waals surface area contributed by atoms with Crippen molar-refractivity contribution in [2.24, 2.45) is 5.92 Å². The maximum Gasteiger partial charge on any atom is 0.320 e. The minimum absolute atomic E-state index is 0.000410. The van der Waals surface area contributed by atoms with E-state index in [1.165, 1.54) is 30.3 Å². The van der Waals surface area contributed by atoms with Gasteiger partial charge in [0.05, 0.1) is 14.9 Å². The Bertz CT molecular complexity index is 1080. The van der Waals surface area contributed by atoms with Gasteiger partial charge in [0.2, 0.25) is 0 Å². The van der Waals surface area contributed by atoms with Gasteiger partial charge in [-0.05, 0) is 36.2 Å². The zero-order chi connectivity index (χ0) is 21.3. The Morgan fingerprint density at radius 2 is 1.83 bits per heavy atom. The van der Waals surface area contributed by atoms with Crippen LogP contribution in [0.4, 0.5) is 4.39 Å². The lowest BCUT2D eigenvalue weighted by Gasteiger charge is -2.21. The highest BCUT2D eigenvalue weighted by molar-refractivity contribution is 7.92. The van der Waals surface area contributed by atoms with Crippen molar-refractivity contribution in [3.63, 3.8) is 0 Å². The van der Waals surface area contributed by atoms with E-state index in [2.05, 4.69) is 5.32 Å². The third-order valence-electron chi connectivity index (χ3n) is 4.79. The topological polar surface area (TPSA) is 101 Å². The Kier molecular flexibility index (Phi) is 6.28. The minimum atomic E-state index is -4.36. The lowest BCUT2D eigenvalue weighted by Crippen LogP contribution is -2.30. The maximum absolute atomic E-state index is 14.1. The van der Waals surface area contributed by atoms with Crippen LogP contribution < -0.4 is 5.32 Å². The molecule has 1 aliphatic heterocycles. The van der Waals surface area contributed by atoms with E-state index in [1.807, 2.05) is 0 Å². The number of carbonyl (C=O) groups is 2. The molecule has 0 radical (unpaired) electrons. The summed E-state index contributed by atoms with van der Waals surface area (Å²) in [6.45, 7) is 0.000410. The van der Waals surface area contributed by atoms with Crippen LogP contribution in [-0.2, 0) is 19.4 Å². The number of halogens is 3. The summed E-state index contributed by atoms with van der Waals surface area (Å²) in [6, 6.07) is 8.00. The molecule has 2 N–H and O–H groups in total. The van der Waals surface area contributed by atoms with E-state index in [9.17, 15) is 22.4 Å². The number of ketones is 1. The molecule has 2 aromatic carbocycles. The van der Waals surface area contributed by atoms with E-state index in [0.717, 1.165) is 6.07 Å². The van der Waals surface area contributed by atoms with Gasteiger partial charge in [0, 0.05) is 12.5 Å². The summed E-state index contributed by atoms with van der Waals surface area (Å²) < 4.78 is 40.8. The summed E-state index contributed by atoms with van der Waals surface area (Å²) in [5, 5.41) is 9.76. The van der Waals surface area contributed by atoms with Crippen molar-refractivity contribution in [3.05, 3.63) is 63.9 Å². The van der Waals surface area contributed by atoms with E-state index < -0.39 is 44.6 Å². The van der Waals surface area contributed by atoms with Gasteiger partial charge in [0.1, 0.15) is 17.1 Å². The SMILES string of the molecule is O=C(C(c1ccc(Cl)c(F)c1)S(=O)(=O)c1ccccc1Cl)[C@H]1CN[C@H](C(=O)O)C1. The van der Waals surface area contributed by atoms with Gasteiger partial charge < -0.3 is 10.4 Å². The molecular weight excluding hydrogens is 444 g/mol. The second kappa shape index (κ2) is 8.39. The minimum Gasteiger partial charge on any atom is -0.480 e. The fraction of sp³-hybridized carbons (Fsp3) is 0.263. The van der Waals surface area contributed by atoms with E-state index in [-0.39, 0.29) is 33.5 Å². The number of benzene rings is 2. The van der Waals surface area contributed by atoms with Crippen molar-refractivity contribution < 1.29 is 27.5 Å². The molecule has 2 aromatic rings. The predicted octanol–water partition coefficient (Wildman–Crippen LogP) is 3.28. The number of aliphatic carboxylic acids is 1. The second-order valence-electron chi connectivity index (χ2n) is 6.66. The van der Waals surface area contributed by atoms with Crippen LogP contribution in [0.2, 0.25) is 10.0 Å². The van der Waals surface area contributed by atoms with Crippen LogP contribution in [0.15, 0.2) is 47.4 Å². The van der Waals surface area contributed by atoms with Gasteiger partial charge in [0.15, 0.2) is 15.6 Å². The third-order valence-corrected chi connectivity index (χ3v) is 7.63. The van der Waals surface area contributed by atoms with Gasteiger partial charge in [-0.15, -0.1) is 0 Å². The fourth-order valence-corrected chi connectivity index (χ4v) is 5.77. The summed E-state index contributed by atoms with van der Waals surface area (Å²) in [7, 11) is -4.36. The molecule has 0 aliphatic carbocycles. The molecular formula is C19H16Cl2FNO5S. The number of carbonyl (C=O) groups excluding carboxylic acids is 1. The Morgan fingerprint density at radius 1 is 1.14 bits per heavy atom. The molecule has 1 unspecified atom stereocenters. The van der Waals surface area contributed by atoms with Gasteiger partial charge in [-0.25, -0.2) is 12.8 Å². The smallest absolute Gasteiger partial charge is 0.320 e. The van der Waals surface area contributed by atoms with Crippen LogP contribution >= 0.6 is 23.2 Å². The van der Waals surface area contributed by atoms with E-state index >= 15 is 0 Å². The lowest BCUT2D eigenvalue weighted by atomic mass is 9.95. The zero-order valence-electron chi connectivity index (χ0n) is 14.8. The molecule has 154 valence electrons. The number of hydrogen-bond acceptors (Lipinski definition) is 5. The number of carboxylic acid groups (broad SMARTS) is 1. The maximum atomic E-state index is 14.1. The fourth-order valence-electron chi connectivity index (χ4n) is 3.33. The standard InChI is InChI=1S/C19H16Cl2FNO5S/c20-12-6-5-10(7-14(12)22)18(17(24)11-8-15(19(25)26)23-9-11)29(27,28)16-4-2-1-3-13(16)21/h1-7,11,15,18,23H,8-9H2,(H,25,26)/t11-,15+,18?/m1/s1. The molecule has 0 bridgehead atoms. The first-order valence-corrected chi connectivity index (χ1v) is 10.9. The first-order valence-electron chi connectivity index (χ1n) is 8.56. The number of hydrogen-bond donors (Lipinski definition) is 2. The zero-order valence-corrected chi connectivity index (χ0v) is 17.1. The van der Waals surface area contributed by atoms with Gasteiger partial charge in [0.25, 0.3) is 0 Å². The molecule has 0 amide bonds. The molecule has 3 atom stereocenters. The first kappa shape index (κ1) is 21.7. The molecule has 29 heavy (non-hydrogen) atoms. The van der Waals surface area contributed by atoms with Crippen LogP contribution in [-0.4, -0.2) is 37.9 Å². The monoisotopic (exact) mass is 459 g/mol. The van der Waals surface area contributed by atoms with Crippen LogP contribution in [0, 0.1) is 11.7 Å². The van der Waals surface area contributed by atoms with Crippen molar-refractivity contribution >= 4 is 44.8 Å². The molecule has 0 saturated carbocycles. The Labute approximate surface area is 176 Å². The number of carboxylic acids is 1. The highest BCUT2D eigenvalue weighted by Crippen LogP contribution is 2.37. The summed E-state index contributed by atoms with van der Waals surface area (Å²) in [4.78, 5) is 24.1. The van der Waals surface area contributed by atoms with Crippen molar-refractivity contribution in [2.75, 3.05) is 6.54 Å². The number of sulfone groups is 1. The molecule has 10 heteroatoms. The van der Waals surface area contributed by atoms with Gasteiger partial charge in [-0.2, -0.15) is 0 Å². The van der Waals surface area contributed by atoms with Gasteiger partial charge in [-0.1, -0.05) is 41.4 Å². The summed E-state index contributed by atoms with van der Waals surface area (Å²) in [6.07, 6.45) is -0.0707. The molecule has 1 saturated heterocycles. The Balaban J connectivity index is 2.10. The second-order valence-corrected chi connectivity index (χ2v) is 9.48. The van der Waals surface area contributed by atoms with E-state index in [4.69, 9.17) is 28.3 Å². The summed E-state index contributed by atoms with van der Waals surface area (Å²) >= 11 is 11.7. The van der Waals surface area contributed by atoms with Gasteiger partial charge >= 0.3 is 5.97 Å². The average molecular weight is 460 g/mol. The number of rotatable bonds is 6. The molecule has 1 aliphatic rings. The molecule has 0 spiro atoms. The Hall–Kier alpha value is -2.00. The molecule has 1 heterocycles. The van der Waals surface area contributed by atoms with Crippen molar-refractivity contribution in [3.8, 4) is 0 Å². The predicted molar refractivity (Wildman–Crippen MR) is 105 cm³/mol. The largest absolute Gasteiger partial charge is 0.480 e. The third kappa shape index (κ3) is 4.30. The van der Waals surface area contributed by atoms with Crippen LogP contribution in [0.5, 0.6) is 0 Å².